The van der Waals surface area contributed by atoms with E-state index in [2.05, 4.69) is 20.8 Å². The predicted molar refractivity (Wildman–Crippen MR) is 142 cm³/mol. The van der Waals surface area contributed by atoms with E-state index in [9.17, 15) is 14.2 Å². The van der Waals surface area contributed by atoms with Gasteiger partial charge < -0.3 is 4.57 Å². The van der Waals surface area contributed by atoms with Gasteiger partial charge in [0.2, 0.25) is 18.2 Å². The van der Waals surface area contributed by atoms with Crippen molar-refractivity contribution in [2.45, 2.75) is 67.7 Å². The molecule has 0 bridgehead atoms. The van der Waals surface area contributed by atoms with Gasteiger partial charge in [0.15, 0.2) is 0 Å². The van der Waals surface area contributed by atoms with Crippen molar-refractivity contribution in [3.63, 3.8) is 0 Å². The Bertz CT molecular complexity index is 1320. The molecule has 0 aromatic heterocycles. The summed E-state index contributed by atoms with van der Waals surface area (Å²) < 4.78 is 14.8. The molecule has 0 spiro atoms. The Morgan fingerprint density at radius 2 is 1.12 bits per heavy atom. The zero-order valence-electron chi connectivity index (χ0n) is 21.8. The fourth-order valence-corrected chi connectivity index (χ4v) is 7.20. The highest BCUT2D eigenvalue weighted by Crippen LogP contribution is 2.53. The van der Waals surface area contributed by atoms with Crippen LogP contribution in [0.15, 0.2) is 48.5 Å². The van der Waals surface area contributed by atoms with Crippen molar-refractivity contribution >= 4 is 23.5 Å². The Morgan fingerprint density at radius 1 is 0.647 bits per heavy atom. The van der Waals surface area contributed by atoms with Crippen LogP contribution in [0.2, 0.25) is 0 Å². The van der Waals surface area contributed by atoms with E-state index >= 15 is 0 Å². The third-order valence-corrected chi connectivity index (χ3v) is 9.49. The first-order valence-electron chi connectivity index (χ1n) is 11.7. The van der Waals surface area contributed by atoms with E-state index < -0.39 is 18.2 Å². The summed E-state index contributed by atoms with van der Waals surface area (Å²) in [5.41, 5.74) is 5.66. The van der Waals surface area contributed by atoms with Crippen molar-refractivity contribution < 1.29 is 14.2 Å². The highest BCUT2D eigenvalue weighted by Gasteiger charge is 2.45. The SMILES string of the molecule is Cc1cc(C)c(C(=O)P(=O)(C(=O)c2c(C)cc(C(C)(C)C)cc2C)c2ccccc2)c(C)c1C. The maximum atomic E-state index is 14.8. The van der Waals surface area contributed by atoms with E-state index in [1.807, 2.05) is 59.7 Å². The fourth-order valence-electron chi connectivity index (χ4n) is 4.63. The maximum Gasteiger partial charge on any atom is 0.248 e. The summed E-state index contributed by atoms with van der Waals surface area (Å²) in [6.45, 7) is 17.7. The molecule has 4 heteroatoms. The Kier molecular flexibility index (Phi) is 6.93. The van der Waals surface area contributed by atoms with E-state index in [0.717, 1.165) is 38.9 Å². The van der Waals surface area contributed by atoms with Gasteiger partial charge in [-0.1, -0.05) is 69.3 Å². The minimum Gasteiger partial charge on any atom is -0.302 e. The van der Waals surface area contributed by atoms with Gasteiger partial charge in [-0.3, -0.25) is 9.59 Å². The van der Waals surface area contributed by atoms with Crippen LogP contribution in [0.3, 0.4) is 0 Å². The average molecular weight is 475 g/mol. The predicted octanol–water partition coefficient (Wildman–Crippen LogP) is 7.50. The third kappa shape index (κ3) is 4.34. The minimum atomic E-state index is -4.17. The lowest BCUT2D eigenvalue weighted by atomic mass is 9.84. The number of hydrogen-bond acceptors (Lipinski definition) is 3. The molecule has 0 fully saturated rings. The molecule has 178 valence electrons. The van der Waals surface area contributed by atoms with E-state index in [1.165, 1.54) is 0 Å². The number of benzene rings is 3. The van der Waals surface area contributed by atoms with Crippen LogP contribution in [0, 0.1) is 41.5 Å². The quantitative estimate of drug-likeness (QED) is 0.360. The van der Waals surface area contributed by atoms with Crippen LogP contribution in [0.4, 0.5) is 0 Å². The molecule has 1 atom stereocenters. The van der Waals surface area contributed by atoms with Crippen LogP contribution in [-0.2, 0) is 9.98 Å². The van der Waals surface area contributed by atoms with E-state index in [4.69, 9.17) is 0 Å². The molecule has 0 radical (unpaired) electrons. The molecule has 0 saturated heterocycles. The molecule has 0 saturated carbocycles. The van der Waals surface area contributed by atoms with E-state index in [1.54, 1.807) is 30.3 Å². The summed E-state index contributed by atoms with van der Waals surface area (Å²) in [5.74, 6) is 0. The second kappa shape index (κ2) is 9.12. The Labute approximate surface area is 204 Å². The molecule has 0 aliphatic rings. The smallest absolute Gasteiger partial charge is 0.248 e. The summed E-state index contributed by atoms with van der Waals surface area (Å²) in [7, 11) is -4.17. The number of carbonyl (C=O) groups is 2. The molecule has 3 rings (SSSR count). The summed E-state index contributed by atoms with van der Waals surface area (Å²) in [6.07, 6.45) is 0. The van der Waals surface area contributed by atoms with Crippen molar-refractivity contribution in [3.8, 4) is 0 Å². The van der Waals surface area contributed by atoms with Crippen molar-refractivity contribution in [1.29, 1.82) is 0 Å². The fraction of sp³-hybridized carbons (Fsp3) is 0.333. The molecular weight excluding hydrogens is 439 g/mol. The van der Waals surface area contributed by atoms with Crippen molar-refractivity contribution in [2.75, 3.05) is 0 Å². The van der Waals surface area contributed by atoms with Gasteiger partial charge in [0.05, 0.1) is 0 Å². The van der Waals surface area contributed by atoms with Crippen LogP contribution in [0.1, 0.15) is 80.4 Å². The van der Waals surface area contributed by atoms with E-state index in [0.29, 0.717) is 11.1 Å². The van der Waals surface area contributed by atoms with Crippen LogP contribution >= 0.6 is 7.14 Å². The summed E-state index contributed by atoms with van der Waals surface area (Å²) >= 11 is 0. The molecule has 0 aliphatic heterocycles. The summed E-state index contributed by atoms with van der Waals surface area (Å²) in [6, 6.07) is 14.4. The lowest BCUT2D eigenvalue weighted by Crippen LogP contribution is -2.23. The van der Waals surface area contributed by atoms with Gasteiger partial charge in [0.25, 0.3) is 0 Å². The number of rotatable bonds is 5. The lowest BCUT2D eigenvalue weighted by Gasteiger charge is -2.24. The van der Waals surface area contributed by atoms with Gasteiger partial charge in [-0.05, 0) is 85.9 Å². The minimum absolute atomic E-state index is 0.0936. The number of hydrogen-bond donors (Lipinski definition) is 0. The topological polar surface area (TPSA) is 51.2 Å². The lowest BCUT2D eigenvalue weighted by molar-refractivity contribution is 0.104. The molecule has 0 aliphatic carbocycles. The van der Waals surface area contributed by atoms with E-state index in [-0.39, 0.29) is 10.7 Å². The maximum absolute atomic E-state index is 14.8. The molecule has 3 aromatic rings. The molecule has 3 nitrogen and oxygen atoms in total. The van der Waals surface area contributed by atoms with Crippen molar-refractivity contribution in [2.24, 2.45) is 0 Å². The first-order chi connectivity index (χ1) is 15.7. The average Bonchev–Trinajstić information content (AvgIpc) is 2.76. The Morgan fingerprint density at radius 3 is 1.62 bits per heavy atom. The standard InChI is InChI=1S/C30H35O3P/c1-18-15-19(2)27(23(6)22(18)5)29(32)34(33,25-13-11-10-12-14-25)28(31)26-20(3)16-24(17-21(26)4)30(7,8)9/h10-17H,1-9H3. The number of carbonyl (C=O) groups excluding carboxylic acids is 2. The summed E-state index contributed by atoms with van der Waals surface area (Å²) in [5, 5.41) is 0.278. The highest BCUT2D eigenvalue weighted by molar-refractivity contribution is 8.01. The monoisotopic (exact) mass is 474 g/mol. The zero-order valence-corrected chi connectivity index (χ0v) is 22.7. The molecule has 0 N–H and O–H groups in total. The van der Waals surface area contributed by atoms with Crippen LogP contribution in [-0.4, -0.2) is 11.0 Å². The Hall–Kier alpha value is -2.77. The molecule has 0 heterocycles. The van der Waals surface area contributed by atoms with Gasteiger partial charge in [0.1, 0.15) is 0 Å². The van der Waals surface area contributed by atoms with Crippen LogP contribution in [0.25, 0.3) is 0 Å². The first-order valence-corrected chi connectivity index (χ1v) is 13.4. The van der Waals surface area contributed by atoms with Crippen molar-refractivity contribution in [1.82, 2.24) is 0 Å². The third-order valence-electron chi connectivity index (χ3n) is 6.87. The van der Waals surface area contributed by atoms with Crippen LogP contribution < -0.4 is 5.30 Å². The normalized spacial score (nSPS) is 13.4. The highest BCUT2D eigenvalue weighted by atomic mass is 31.2. The zero-order chi connectivity index (χ0) is 25.6. The van der Waals surface area contributed by atoms with Gasteiger partial charge in [-0.15, -0.1) is 0 Å². The van der Waals surface area contributed by atoms with Gasteiger partial charge in [0, 0.05) is 16.4 Å². The first kappa shape index (κ1) is 25.8. The van der Waals surface area contributed by atoms with Crippen LogP contribution in [0.5, 0.6) is 0 Å². The largest absolute Gasteiger partial charge is 0.302 e. The second-order valence-corrected chi connectivity index (χ2v) is 13.0. The molecule has 1 unspecified atom stereocenters. The Balaban J connectivity index is 2.32. The molecule has 3 aromatic carbocycles. The molecular formula is C30H35O3P. The second-order valence-electron chi connectivity index (χ2n) is 10.4. The van der Waals surface area contributed by atoms with Gasteiger partial charge in [-0.2, -0.15) is 0 Å². The summed E-state index contributed by atoms with van der Waals surface area (Å²) in [4.78, 5) is 28.3. The van der Waals surface area contributed by atoms with Crippen molar-refractivity contribution in [3.05, 3.63) is 98.6 Å². The van der Waals surface area contributed by atoms with Gasteiger partial charge >= 0.3 is 0 Å². The number of aryl methyl sites for hydroxylation is 4. The van der Waals surface area contributed by atoms with Gasteiger partial charge in [-0.25, -0.2) is 0 Å². The molecule has 34 heavy (non-hydrogen) atoms. The molecule has 0 amide bonds.